The molecule has 0 N–H and O–H groups in total. The highest BCUT2D eigenvalue weighted by Gasteiger charge is 2.39. The van der Waals surface area contributed by atoms with E-state index in [0.29, 0.717) is 11.1 Å². The Balaban J connectivity index is 1.82. The van der Waals surface area contributed by atoms with Gasteiger partial charge in [0.25, 0.3) is 0 Å². The second kappa shape index (κ2) is 8.86. The fourth-order valence-electron chi connectivity index (χ4n) is 3.53. The molecule has 0 saturated heterocycles. The molecular weight excluding hydrogens is 506 g/mol. The van der Waals surface area contributed by atoms with Gasteiger partial charge in [0.05, 0.1) is 22.6 Å². The summed E-state index contributed by atoms with van der Waals surface area (Å²) in [5, 5.41) is 3.62. The van der Waals surface area contributed by atoms with E-state index in [1.54, 1.807) is 12.1 Å². The van der Waals surface area contributed by atoms with Crippen LogP contribution in [0.2, 0.25) is 0 Å². The van der Waals surface area contributed by atoms with Gasteiger partial charge < -0.3 is 4.74 Å². The SMILES string of the molecule is O=S(=O)(c1cc(C(F)(F)F)cc(C(F)(F)F)c1)N1CCCOc2nccc(-c3ccsc3)c2C1. The molecule has 4 rings (SSSR count). The Labute approximate surface area is 194 Å². The number of aromatic nitrogens is 1. The number of fused-ring (bicyclic) bond motifs is 1. The summed E-state index contributed by atoms with van der Waals surface area (Å²) in [6.45, 7) is -0.443. The van der Waals surface area contributed by atoms with E-state index in [1.807, 2.05) is 10.8 Å². The van der Waals surface area contributed by atoms with Crippen molar-refractivity contribution in [3.63, 3.8) is 0 Å². The van der Waals surface area contributed by atoms with E-state index in [0.717, 1.165) is 9.87 Å². The normalized spacial score (nSPS) is 15.8. The second-order valence-corrected chi connectivity index (χ2v) is 10.2. The zero-order valence-corrected chi connectivity index (χ0v) is 18.8. The standard InChI is InChI=1S/C21H16F6N2O3S2/c22-20(23,24)14-8-15(21(25,26)27)10-16(9-14)34(30,31)29-5-1-6-32-19-18(11-29)17(2-4-28-19)13-3-7-33-12-13/h2-4,7-10,12H,1,5-6,11H2. The van der Waals surface area contributed by atoms with Crippen molar-refractivity contribution in [3.8, 4) is 17.0 Å². The van der Waals surface area contributed by atoms with E-state index in [4.69, 9.17) is 4.74 Å². The first-order valence-corrected chi connectivity index (χ1v) is 12.2. The molecule has 0 saturated carbocycles. The third-order valence-electron chi connectivity index (χ3n) is 5.17. The van der Waals surface area contributed by atoms with Crippen LogP contribution in [0.1, 0.15) is 23.1 Å². The molecule has 0 aliphatic carbocycles. The van der Waals surface area contributed by atoms with E-state index >= 15 is 0 Å². The van der Waals surface area contributed by atoms with Crippen LogP contribution in [0.3, 0.4) is 0 Å². The first-order chi connectivity index (χ1) is 15.9. The van der Waals surface area contributed by atoms with Crippen LogP contribution in [-0.2, 0) is 28.9 Å². The van der Waals surface area contributed by atoms with E-state index in [1.165, 1.54) is 17.5 Å². The maximum Gasteiger partial charge on any atom is 0.416 e. The summed E-state index contributed by atoms with van der Waals surface area (Å²) in [4.78, 5) is 3.05. The fourth-order valence-corrected chi connectivity index (χ4v) is 5.71. The van der Waals surface area contributed by atoms with Crippen LogP contribution < -0.4 is 4.74 Å². The number of hydrogen-bond acceptors (Lipinski definition) is 5. The molecular formula is C21H16F6N2O3S2. The van der Waals surface area contributed by atoms with E-state index < -0.39 is 38.4 Å². The van der Waals surface area contributed by atoms with Gasteiger partial charge in [-0.3, -0.25) is 0 Å². The fraction of sp³-hybridized carbons (Fsp3) is 0.286. The number of thiophene rings is 1. The van der Waals surface area contributed by atoms with Gasteiger partial charge in [-0.1, -0.05) is 0 Å². The number of hydrogen-bond donors (Lipinski definition) is 0. The molecule has 3 aromatic rings. The monoisotopic (exact) mass is 522 g/mol. The molecule has 0 atom stereocenters. The number of benzene rings is 1. The van der Waals surface area contributed by atoms with Crippen molar-refractivity contribution in [2.45, 2.75) is 30.2 Å². The van der Waals surface area contributed by atoms with Crippen LogP contribution in [0.4, 0.5) is 26.3 Å². The first kappa shape index (κ1) is 24.5. The van der Waals surface area contributed by atoms with Crippen LogP contribution in [-0.4, -0.2) is 30.9 Å². The summed E-state index contributed by atoms with van der Waals surface area (Å²) in [6, 6.07) is 3.78. The summed E-state index contributed by atoms with van der Waals surface area (Å²) in [5.74, 6) is 0.156. The van der Waals surface area contributed by atoms with Gasteiger partial charge in [-0.25, -0.2) is 13.4 Å². The first-order valence-electron chi connectivity index (χ1n) is 9.80. The number of halogens is 6. The lowest BCUT2D eigenvalue weighted by Crippen LogP contribution is -2.34. The average molecular weight is 522 g/mol. The highest BCUT2D eigenvalue weighted by Crippen LogP contribution is 2.39. The Morgan fingerprint density at radius 3 is 2.26 bits per heavy atom. The molecule has 3 heterocycles. The van der Waals surface area contributed by atoms with Crippen molar-refractivity contribution in [2.75, 3.05) is 13.2 Å². The van der Waals surface area contributed by atoms with Gasteiger partial charge >= 0.3 is 12.4 Å². The topological polar surface area (TPSA) is 59.5 Å². The van der Waals surface area contributed by atoms with Gasteiger partial charge in [0.15, 0.2) is 0 Å². The Morgan fingerprint density at radius 2 is 1.68 bits per heavy atom. The number of ether oxygens (including phenoxy) is 1. The van der Waals surface area contributed by atoms with Crippen LogP contribution in [0.15, 0.2) is 52.2 Å². The molecule has 0 amide bonds. The van der Waals surface area contributed by atoms with E-state index in [-0.39, 0.29) is 50.2 Å². The molecule has 0 radical (unpaired) electrons. The molecule has 2 aromatic heterocycles. The van der Waals surface area contributed by atoms with Gasteiger partial charge in [-0.15, -0.1) is 0 Å². The Morgan fingerprint density at radius 1 is 1.00 bits per heavy atom. The van der Waals surface area contributed by atoms with Crippen molar-refractivity contribution < 1.29 is 39.5 Å². The minimum absolute atomic E-state index is 0.0650. The Kier molecular flexibility index (Phi) is 6.38. The Hall–Kier alpha value is -2.64. The summed E-state index contributed by atoms with van der Waals surface area (Å²) in [6.07, 6.45) is -8.70. The second-order valence-electron chi connectivity index (χ2n) is 7.44. The number of rotatable bonds is 3. The van der Waals surface area contributed by atoms with Crippen LogP contribution in [0.25, 0.3) is 11.1 Å². The minimum Gasteiger partial charge on any atom is -0.477 e. The molecule has 1 aromatic carbocycles. The molecule has 1 aliphatic heterocycles. The number of nitrogens with zero attached hydrogens (tertiary/aromatic N) is 2. The minimum atomic E-state index is -5.17. The van der Waals surface area contributed by atoms with Crippen molar-refractivity contribution in [3.05, 3.63) is 64.0 Å². The van der Waals surface area contributed by atoms with Gasteiger partial charge in [0, 0.05) is 24.8 Å². The smallest absolute Gasteiger partial charge is 0.416 e. The zero-order valence-electron chi connectivity index (χ0n) is 17.2. The summed E-state index contributed by atoms with van der Waals surface area (Å²) >= 11 is 1.40. The molecule has 0 unspecified atom stereocenters. The molecule has 34 heavy (non-hydrogen) atoms. The highest BCUT2D eigenvalue weighted by atomic mass is 32.2. The summed E-state index contributed by atoms with van der Waals surface area (Å²) in [5.41, 5.74) is -1.67. The largest absolute Gasteiger partial charge is 0.477 e. The molecule has 0 fully saturated rings. The maximum absolute atomic E-state index is 13.4. The van der Waals surface area contributed by atoms with E-state index in [2.05, 4.69) is 4.98 Å². The number of sulfonamides is 1. The lowest BCUT2D eigenvalue weighted by molar-refractivity contribution is -0.143. The van der Waals surface area contributed by atoms with Crippen LogP contribution in [0.5, 0.6) is 5.88 Å². The van der Waals surface area contributed by atoms with Crippen molar-refractivity contribution in [2.24, 2.45) is 0 Å². The average Bonchev–Trinajstić information content (AvgIpc) is 3.27. The molecule has 0 bridgehead atoms. The number of alkyl halides is 6. The quantitative estimate of drug-likeness (QED) is 0.407. The molecule has 1 aliphatic rings. The lowest BCUT2D eigenvalue weighted by atomic mass is 10.0. The van der Waals surface area contributed by atoms with Gasteiger partial charge in [0.1, 0.15) is 0 Å². The predicted octanol–water partition coefficient (Wildman–Crippen LogP) is 5.82. The summed E-state index contributed by atoms with van der Waals surface area (Å²) < 4.78 is 113. The zero-order chi connectivity index (χ0) is 24.7. The van der Waals surface area contributed by atoms with Crippen molar-refractivity contribution in [1.29, 1.82) is 0 Å². The molecule has 5 nitrogen and oxygen atoms in total. The third kappa shape index (κ3) is 4.91. The van der Waals surface area contributed by atoms with E-state index in [9.17, 15) is 34.8 Å². The van der Waals surface area contributed by atoms with Gasteiger partial charge in [-0.2, -0.15) is 42.0 Å². The predicted molar refractivity (Wildman–Crippen MR) is 112 cm³/mol. The highest BCUT2D eigenvalue weighted by molar-refractivity contribution is 7.89. The molecule has 0 spiro atoms. The van der Waals surface area contributed by atoms with Gasteiger partial charge in [-0.05, 0) is 58.6 Å². The van der Waals surface area contributed by atoms with Crippen molar-refractivity contribution >= 4 is 21.4 Å². The molecule has 13 heteroatoms. The van der Waals surface area contributed by atoms with Crippen LogP contribution in [0, 0.1) is 0 Å². The lowest BCUT2D eigenvalue weighted by Gasteiger charge is -2.27. The Bertz CT molecular complexity index is 1260. The number of pyridine rings is 1. The summed E-state index contributed by atoms with van der Waals surface area (Å²) in [7, 11) is -4.74. The van der Waals surface area contributed by atoms with Crippen LogP contribution >= 0.6 is 11.3 Å². The third-order valence-corrected chi connectivity index (χ3v) is 7.68. The maximum atomic E-state index is 13.4. The molecule has 182 valence electrons. The van der Waals surface area contributed by atoms with Crippen molar-refractivity contribution in [1.82, 2.24) is 9.29 Å². The van der Waals surface area contributed by atoms with Gasteiger partial charge in [0.2, 0.25) is 15.9 Å².